The minimum atomic E-state index is -0.181. The Kier molecular flexibility index (Phi) is 13.5. The van der Waals surface area contributed by atoms with Gasteiger partial charge in [-0.25, -0.2) is 14.6 Å². The van der Waals surface area contributed by atoms with Crippen LogP contribution in [0.25, 0.3) is 43.8 Å². The molecule has 3 aromatic heterocycles. The number of nitrogen functional groups attached to an aromatic ring is 2. The average Bonchev–Trinajstić information content (AvgIpc) is 3.62. The smallest absolute Gasteiger partial charge is 0.292 e. The van der Waals surface area contributed by atoms with Gasteiger partial charge in [-0.05, 0) is 36.6 Å². The monoisotopic (exact) mass is 637 g/mol. The third kappa shape index (κ3) is 10.4. The number of anilines is 2. The molecule has 0 aliphatic carbocycles. The Morgan fingerprint density at radius 2 is 1.76 bits per heavy atom. The molecule has 17 heteroatoms. The van der Waals surface area contributed by atoms with Crippen molar-refractivity contribution in [3.05, 3.63) is 35.0 Å². The Hall–Kier alpha value is -4.83. The summed E-state index contributed by atoms with van der Waals surface area (Å²) in [7, 11) is 0. The lowest BCUT2D eigenvalue weighted by molar-refractivity contribution is -0.125. The number of carbonyl (C=O) groups excluding carboxylic acids is 2. The normalized spacial score (nSPS) is 11.2. The number of unbranched alkanes of at least 4 members (excludes halogenated alkanes) is 2. The van der Waals surface area contributed by atoms with Crippen LogP contribution in [0.15, 0.2) is 34.1 Å². The quantitative estimate of drug-likeness (QED) is 0.0487. The molecule has 46 heavy (non-hydrogen) atoms. The number of aryl methyl sites for hydroxylation is 1. The van der Waals surface area contributed by atoms with E-state index < -0.39 is 0 Å². The Bertz CT molecular complexity index is 1630. The van der Waals surface area contributed by atoms with E-state index >= 15 is 0 Å². The van der Waals surface area contributed by atoms with E-state index in [-0.39, 0.29) is 30.5 Å². The fourth-order valence-electron chi connectivity index (χ4n) is 4.66. The highest BCUT2D eigenvalue weighted by molar-refractivity contribution is 5.99. The number of benzene rings is 1. The van der Waals surface area contributed by atoms with Crippen molar-refractivity contribution in [2.24, 2.45) is 5.11 Å². The fraction of sp³-hybridized carbons (Fsp3) is 0.517. The van der Waals surface area contributed by atoms with Crippen molar-refractivity contribution < 1.29 is 28.2 Å². The van der Waals surface area contributed by atoms with Crippen LogP contribution in [-0.4, -0.2) is 89.2 Å². The van der Waals surface area contributed by atoms with E-state index in [2.05, 4.69) is 30.3 Å². The number of oxazole rings is 1. The topological polar surface area (TPSA) is 244 Å². The van der Waals surface area contributed by atoms with E-state index in [0.717, 1.165) is 18.4 Å². The minimum Gasteiger partial charge on any atom is -0.424 e. The van der Waals surface area contributed by atoms with E-state index in [0.29, 0.717) is 106 Å². The van der Waals surface area contributed by atoms with Crippen LogP contribution >= 0.6 is 0 Å². The number of ether oxygens (including phenoxy) is 3. The van der Waals surface area contributed by atoms with Crippen LogP contribution in [0.2, 0.25) is 0 Å². The highest BCUT2D eigenvalue weighted by Crippen LogP contribution is 2.32. The molecule has 17 nitrogen and oxygen atoms in total. The first-order valence-corrected chi connectivity index (χ1v) is 15.1. The number of carbonyl (C=O) groups is 2. The molecule has 4 aromatic rings. The zero-order chi connectivity index (χ0) is 32.6. The van der Waals surface area contributed by atoms with Gasteiger partial charge in [0.25, 0.3) is 6.01 Å². The van der Waals surface area contributed by atoms with E-state index in [1.54, 1.807) is 10.7 Å². The van der Waals surface area contributed by atoms with Crippen molar-refractivity contribution in [2.75, 3.05) is 64.2 Å². The van der Waals surface area contributed by atoms with Gasteiger partial charge in [0.1, 0.15) is 29.1 Å². The van der Waals surface area contributed by atoms with Crippen molar-refractivity contribution >= 4 is 45.7 Å². The SMILES string of the molecule is [N-]=[N+]=NCCOCCOCCOCCNC(=O)CCC(=O)CCCCCn1nc(-c2ccc3oc(N)nc3c2)c2c(N)ncnc21. The Labute approximate surface area is 264 Å². The van der Waals surface area contributed by atoms with Crippen LogP contribution in [0, 0.1) is 0 Å². The highest BCUT2D eigenvalue weighted by atomic mass is 16.5. The molecule has 0 fully saturated rings. The van der Waals surface area contributed by atoms with Crippen molar-refractivity contribution in [3.63, 3.8) is 0 Å². The number of azide groups is 1. The number of aromatic nitrogens is 5. The molecule has 0 spiro atoms. The van der Waals surface area contributed by atoms with Crippen molar-refractivity contribution in [1.29, 1.82) is 0 Å². The number of ketones is 1. The first-order chi connectivity index (χ1) is 22.5. The maximum Gasteiger partial charge on any atom is 0.292 e. The van der Waals surface area contributed by atoms with Gasteiger partial charge in [-0.3, -0.25) is 9.59 Å². The number of hydrogen-bond donors (Lipinski definition) is 3. The molecule has 0 bridgehead atoms. The van der Waals surface area contributed by atoms with Crippen LogP contribution in [0.1, 0.15) is 38.5 Å². The first kappa shape index (κ1) is 34.1. The second-order valence-electron chi connectivity index (χ2n) is 10.3. The minimum absolute atomic E-state index is 0.0570. The fourth-order valence-corrected chi connectivity index (χ4v) is 4.66. The lowest BCUT2D eigenvalue weighted by Gasteiger charge is -2.07. The van der Waals surface area contributed by atoms with Gasteiger partial charge in [0.2, 0.25) is 5.91 Å². The standard InChI is InChI=1S/C29H39N11O6/c30-27-25-26(20-5-7-23-22(18-20)37-29(31)46-23)38-40(28(25)35-19-34-27)11-3-1-2-4-21(41)6-8-24(42)33-9-12-43-14-16-45-17-15-44-13-10-36-39-32/h5,7,18-19H,1-4,6,8-17H2,(H2,31,37)(H,33,42)(H2,30,34,35). The summed E-state index contributed by atoms with van der Waals surface area (Å²) in [5.41, 5.74) is 23.3. The van der Waals surface area contributed by atoms with Crippen LogP contribution in [0.5, 0.6) is 0 Å². The second kappa shape index (κ2) is 18.2. The molecule has 1 aromatic carbocycles. The molecule has 0 radical (unpaired) electrons. The summed E-state index contributed by atoms with van der Waals surface area (Å²) in [6.45, 7) is 3.57. The summed E-state index contributed by atoms with van der Waals surface area (Å²) in [5.74, 6) is 0.207. The summed E-state index contributed by atoms with van der Waals surface area (Å²) in [4.78, 5) is 39.8. The van der Waals surface area contributed by atoms with Crippen LogP contribution < -0.4 is 16.8 Å². The number of amides is 1. The molecule has 1 amide bonds. The van der Waals surface area contributed by atoms with Gasteiger partial charge in [0.15, 0.2) is 11.2 Å². The molecular weight excluding hydrogens is 598 g/mol. The van der Waals surface area contributed by atoms with Gasteiger partial charge in [-0.15, -0.1) is 0 Å². The third-order valence-electron chi connectivity index (χ3n) is 6.90. The predicted molar refractivity (Wildman–Crippen MR) is 169 cm³/mol. The number of rotatable bonds is 22. The van der Waals surface area contributed by atoms with E-state index in [4.69, 9.17) is 40.7 Å². The lowest BCUT2D eigenvalue weighted by atomic mass is 10.1. The number of nitrogens with zero attached hydrogens (tertiary/aromatic N) is 8. The van der Waals surface area contributed by atoms with Crippen molar-refractivity contribution in [1.82, 2.24) is 30.0 Å². The Balaban J connectivity index is 1.08. The van der Waals surface area contributed by atoms with Crippen LogP contribution in [0.3, 0.4) is 0 Å². The largest absolute Gasteiger partial charge is 0.424 e. The summed E-state index contributed by atoms with van der Waals surface area (Å²) < 4.78 is 23.2. The van der Waals surface area contributed by atoms with Crippen LogP contribution in [0.4, 0.5) is 11.8 Å². The summed E-state index contributed by atoms with van der Waals surface area (Å²) in [6.07, 6.45) is 4.49. The van der Waals surface area contributed by atoms with E-state index in [1.165, 1.54) is 6.33 Å². The maximum atomic E-state index is 12.3. The lowest BCUT2D eigenvalue weighted by Crippen LogP contribution is -2.28. The molecule has 5 N–H and O–H groups in total. The summed E-state index contributed by atoms with van der Waals surface area (Å²) in [5, 5.41) is 11.6. The first-order valence-electron chi connectivity index (χ1n) is 15.1. The molecule has 3 heterocycles. The Morgan fingerprint density at radius 1 is 0.978 bits per heavy atom. The molecule has 4 rings (SSSR count). The molecule has 0 atom stereocenters. The number of nitrogens with two attached hydrogens (primary N) is 2. The van der Waals surface area contributed by atoms with Crippen molar-refractivity contribution in [2.45, 2.75) is 45.1 Å². The second-order valence-corrected chi connectivity index (χ2v) is 10.3. The van der Waals surface area contributed by atoms with Crippen molar-refractivity contribution in [3.8, 4) is 11.3 Å². The number of nitrogens with one attached hydrogen (secondary N) is 1. The third-order valence-corrected chi connectivity index (χ3v) is 6.90. The highest BCUT2D eigenvalue weighted by Gasteiger charge is 2.18. The molecular formula is C29H39N11O6. The predicted octanol–water partition coefficient (Wildman–Crippen LogP) is 3.18. The van der Waals surface area contributed by atoms with Gasteiger partial charge < -0.3 is 35.4 Å². The van der Waals surface area contributed by atoms with Gasteiger partial charge in [0.05, 0.1) is 45.0 Å². The average molecular weight is 638 g/mol. The summed E-state index contributed by atoms with van der Waals surface area (Å²) >= 11 is 0. The number of fused-ring (bicyclic) bond motifs is 2. The van der Waals surface area contributed by atoms with Gasteiger partial charge >= 0.3 is 0 Å². The Morgan fingerprint density at radius 3 is 2.57 bits per heavy atom. The van der Waals surface area contributed by atoms with Gasteiger partial charge in [-0.1, -0.05) is 11.5 Å². The zero-order valence-corrected chi connectivity index (χ0v) is 25.6. The molecule has 0 aliphatic rings. The molecule has 0 aliphatic heterocycles. The maximum absolute atomic E-state index is 12.3. The van der Waals surface area contributed by atoms with Gasteiger partial charge in [-0.2, -0.15) is 10.1 Å². The molecule has 0 saturated carbocycles. The summed E-state index contributed by atoms with van der Waals surface area (Å²) in [6, 6.07) is 5.57. The zero-order valence-electron chi connectivity index (χ0n) is 25.6. The van der Waals surface area contributed by atoms with E-state index in [9.17, 15) is 9.59 Å². The molecule has 246 valence electrons. The van der Waals surface area contributed by atoms with Gasteiger partial charge in [0, 0.05) is 49.4 Å². The molecule has 0 unspecified atom stereocenters. The number of hydrogen-bond acceptors (Lipinski definition) is 13. The van der Waals surface area contributed by atoms with Crippen LogP contribution in [-0.2, 0) is 30.3 Å². The van der Waals surface area contributed by atoms with E-state index in [1.807, 2.05) is 12.1 Å². The molecule has 0 saturated heterocycles. The number of Topliss-reactive ketones (excluding diaryl/α,β-unsaturated/α-hetero) is 1.